The van der Waals surface area contributed by atoms with E-state index in [0.717, 1.165) is 29.2 Å². The molecule has 2 aromatic heterocycles. The number of aromatic nitrogens is 4. The molecular formula is C22H32N8. The molecule has 1 atom stereocenters. The monoisotopic (exact) mass is 408 g/mol. The molecule has 1 unspecified atom stereocenters. The molecule has 0 amide bonds. The van der Waals surface area contributed by atoms with Gasteiger partial charge in [-0.1, -0.05) is 38.1 Å². The first-order chi connectivity index (χ1) is 14.5. The Morgan fingerprint density at radius 2 is 1.87 bits per heavy atom. The Morgan fingerprint density at radius 3 is 2.57 bits per heavy atom. The molecule has 0 aliphatic rings. The predicted molar refractivity (Wildman–Crippen MR) is 123 cm³/mol. The van der Waals surface area contributed by atoms with Gasteiger partial charge in [-0.15, -0.1) is 0 Å². The second-order valence-corrected chi connectivity index (χ2v) is 7.86. The van der Waals surface area contributed by atoms with Crippen molar-refractivity contribution in [1.82, 2.24) is 30.4 Å². The van der Waals surface area contributed by atoms with Crippen molar-refractivity contribution >= 4 is 22.8 Å². The smallest absolute Gasteiger partial charge is 0.191 e. The van der Waals surface area contributed by atoms with Crippen molar-refractivity contribution in [3.8, 4) is 0 Å². The summed E-state index contributed by atoms with van der Waals surface area (Å²) in [5.41, 5.74) is 3.43. The van der Waals surface area contributed by atoms with E-state index in [1.54, 1.807) is 24.3 Å². The maximum absolute atomic E-state index is 4.34. The third-order valence-electron chi connectivity index (χ3n) is 4.94. The zero-order chi connectivity index (χ0) is 21.5. The largest absolute Gasteiger partial charge is 0.368 e. The number of anilines is 1. The number of aryl methyl sites for hydroxylation is 1. The summed E-state index contributed by atoms with van der Waals surface area (Å²) in [6.45, 7) is 8.02. The first-order valence-electron chi connectivity index (χ1n) is 10.4. The Balaban J connectivity index is 1.48. The third kappa shape index (κ3) is 5.46. The Kier molecular flexibility index (Phi) is 7.21. The topological polar surface area (TPSA) is 92.1 Å². The van der Waals surface area contributed by atoms with Gasteiger partial charge >= 0.3 is 0 Å². The van der Waals surface area contributed by atoms with Crippen LogP contribution >= 0.6 is 0 Å². The van der Waals surface area contributed by atoms with Gasteiger partial charge in [0.15, 0.2) is 11.6 Å². The van der Waals surface area contributed by atoms with Crippen molar-refractivity contribution in [3.63, 3.8) is 0 Å². The maximum atomic E-state index is 4.34. The number of hydrogen-bond donors (Lipinski definition) is 3. The van der Waals surface area contributed by atoms with Crippen LogP contribution in [0.2, 0.25) is 0 Å². The SMILES string of the molecule is CN=C(NCCNc1ncnc2c1cnn2C)NC(C)c1ccc(CC(C)C)cc1. The fourth-order valence-corrected chi connectivity index (χ4v) is 3.36. The zero-order valence-corrected chi connectivity index (χ0v) is 18.5. The minimum atomic E-state index is 0.161. The molecule has 0 radical (unpaired) electrons. The average Bonchev–Trinajstić information content (AvgIpc) is 3.12. The number of rotatable bonds is 8. The predicted octanol–water partition coefficient (Wildman–Crippen LogP) is 2.90. The molecule has 0 saturated carbocycles. The molecule has 0 fully saturated rings. The fraction of sp³-hybridized carbons (Fsp3) is 0.455. The highest BCUT2D eigenvalue weighted by molar-refractivity contribution is 5.86. The normalized spacial score (nSPS) is 12.9. The van der Waals surface area contributed by atoms with E-state index in [1.807, 2.05) is 7.05 Å². The van der Waals surface area contributed by atoms with E-state index in [-0.39, 0.29) is 6.04 Å². The summed E-state index contributed by atoms with van der Waals surface area (Å²) < 4.78 is 1.74. The van der Waals surface area contributed by atoms with Gasteiger partial charge in [0.25, 0.3) is 0 Å². The highest BCUT2D eigenvalue weighted by atomic mass is 15.3. The highest BCUT2D eigenvalue weighted by Gasteiger charge is 2.09. The lowest BCUT2D eigenvalue weighted by Crippen LogP contribution is -2.40. The summed E-state index contributed by atoms with van der Waals surface area (Å²) in [6.07, 6.45) is 4.43. The average molecular weight is 409 g/mol. The van der Waals surface area contributed by atoms with Crippen LogP contribution in [-0.4, -0.2) is 45.8 Å². The maximum Gasteiger partial charge on any atom is 0.191 e. The van der Waals surface area contributed by atoms with Crippen molar-refractivity contribution in [2.24, 2.45) is 18.0 Å². The fourth-order valence-electron chi connectivity index (χ4n) is 3.36. The summed E-state index contributed by atoms with van der Waals surface area (Å²) in [4.78, 5) is 12.9. The van der Waals surface area contributed by atoms with Gasteiger partial charge in [0.05, 0.1) is 17.6 Å². The van der Waals surface area contributed by atoms with E-state index in [1.165, 1.54) is 11.1 Å². The molecule has 0 spiro atoms. The molecule has 8 nitrogen and oxygen atoms in total. The van der Waals surface area contributed by atoms with Gasteiger partial charge in [0.1, 0.15) is 12.1 Å². The molecule has 3 aromatic rings. The number of aliphatic imine (C=N–C) groups is 1. The Bertz CT molecular complexity index is 974. The molecule has 160 valence electrons. The Labute approximate surface area is 178 Å². The second kappa shape index (κ2) is 10.0. The van der Waals surface area contributed by atoms with Crippen molar-refractivity contribution < 1.29 is 0 Å². The summed E-state index contributed by atoms with van der Waals surface area (Å²) in [5, 5.41) is 15.3. The molecule has 0 saturated heterocycles. The summed E-state index contributed by atoms with van der Waals surface area (Å²) >= 11 is 0. The molecule has 1 aromatic carbocycles. The van der Waals surface area contributed by atoms with E-state index in [0.29, 0.717) is 19.0 Å². The standard InChI is InChI=1S/C22H32N8/c1-15(2)12-17-6-8-18(9-7-17)16(3)29-22(23-4)25-11-10-24-20-19-13-28-30(5)21(19)27-14-26-20/h6-9,13-16H,10-12H2,1-5H3,(H2,23,25,29)(H,24,26,27). The Hall–Kier alpha value is -3.16. The van der Waals surface area contributed by atoms with Crippen LogP contribution in [-0.2, 0) is 13.5 Å². The lowest BCUT2D eigenvalue weighted by Gasteiger charge is -2.19. The summed E-state index contributed by atoms with van der Waals surface area (Å²) in [7, 11) is 3.65. The summed E-state index contributed by atoms with van der Waals surface area (Å²) in [6, 6.07) is 8.98. The van der Waals surface area contributed by atoms with Gasteiger partial charge in [-0.05, 0) is 30.4 Å². The second-order valence-electron chi connectivity index (χ2n) is 7.86. The van der Waals surface area contributed by atoms with Gasteiger partial charge in [0.2, 0.25) is 0 Å². The van der Waals surface area contributed by atoms with Crippen LogP contribution in [0.15, 0.2) is 41.8 Å². The van der Waals surface area contributed by atoms with Crippen LogP contribution in [0.25, 0.3) is 11.0 Å². The first-order valence-corrected chi connectivity index (χ1v) is 10.4. The van der Waals surface area contributed by atoms with Crippen molar-refractivity contribution in [2.45, 2.75) is 33.2 Å². The molecule has 2 heterocycles. The van der Waals surface area contributed by atoms with Gasteiger partial charge in [-0.3, -0.25) is 9.67 Å². The van der Waals surface area contributed by atoms with Crippen LogP contribution in [0.5, 0.6) is 0 Å². The van der Waals surface area contributed by atoms with Gasteiger partial charge in [0, 0.05) is 27.2 Å². The minimum absolute atomic E-state index is 0.161. The Morgan fingerprint density at radius 1 is 1.10 bits per heavy atom. The van der Waals surface area contributed by atoms with Gasteiger partial charge in [-0.25, -0.2) is 9.97 Å². The van der Waals surface area contributed by atoms with Crippen LogP contribution in [0.3, 0.4) is 0 Å². The van der Waals surface area contributed by atoms with Crippen LogP contribution in [0.1, 0.15) is 37.9 Å². The van der Waals surface area contributed by atoms with E-state index in [4.69, 9.17) is 0 Å². The summed E-state index contributed by atoms with van der Waals surface area (Å²) in [5.74, 6) is 2.22. The van der Waals surface area contributed by atoms with Crippen LogP contribution in [0.4, 0.5) is 5.82 Å². The lowest BCUT2D eigenvalue weighted by atomic mass is 10.00. The minimum Gasteiger partial charge on any atom is -0.368 e. The third-order valence-corrected chi connectivity index (χ3v) is 4.94. The van der Waals surface area contributed by atoms with Crippen molar-refractivity contribution in [1.29, 1.82) is 0 Å². The van der Waals surface area contributed by atoms with E-state index in [9.17, 15) is 0 Å². The molecule has 8 heteroatoms. The van der Waals surface area contributed by atoms with E-state index in [2.05, 4.69) is 81.0 Å². The quantitative estimate of drug-likeness (QED) is 0.302. The lowest BCUT2D eigenvalue weighted by molar-refractivity contribution is 0.645. The zero-order valence-electron chi connectivity index (χ0n) is 18.5. The number of nitrogens with one attached hydrogen (secondary N) is 3. The molecule has 3 N–H and O–H groups in total. The number of fused-ring (bicyclic) bond motifs is 1. The number of nitrogens with zero attached hydrogens (tertiary/aromatic N) is 5. The number of benzene rings is 1. The van der Waals surface area contributed by atoms with Crippen LogP contribution in [0, 0.1) is 5.92 Å². The van der Waals surface area contributed by atoms with E-state index >= 15 is 0 Å². The molecule has 0 aliphatic heterocycles. The number of hydrogen-bond acceptors (Lipinski definition) is 5. The van der Waals surface area contributed by atoms with Gasteiger partial charge < -0.3 is 16.0 Å². The molecule has 3 rings (SSSR count). The first kappa shape index (κ1) is 21.5. The van der Waals surface area contributed by atoms with Crippen molar-refractivity contribution in [2.75, 3.05) is 25.5 Å². The van der Waals surface area contributed by atoms with Crippen molar-refractivity contribution in [3.05, 3.63) is 47.9 Å². The van der Waals surface area contributed by atoms with Crippen LogP contribution < -0.4 is 16.0 Å². The molecule has 30 heavy (non-hydrogen) atoms. The highest BCUT2D eigenvalue weighted by Crippen LogP contribution is 2.17. The molecule has 0 aliphatic carbocycles. The molecular weight excluding hydrogens is 376 g/mol. The number of guanidine groups is 1. The van der Waals surface area contributed by atoms with E-state index < -0.39 is 0 Å². The molecule has 0 bridgehead atoms. The van der Waals surface area contributed by atoms with Gasteiger partial charge in [-0.2, -0.15) is 5.10 Å².